The van der Waals surface area contributed by atoms with Crippen LogP contribution in [0.5, 0.6) is 5.75 Å². The molecule has 0 unspecified atom stereocenters. The van der Waals surface area contributed by atoms with Crippen molar-refractivity contribution >= 4 is 11.3 Å². The molecule has 0 N–H and O–H groups in total. The van der Waals surface area contributed by atoms with Crippen molar-refractivity contribution in [1.82, 2.24) is 0 Å². The minimum Gasteiger partial charge on any atom is -0.492 e. The van der Waals surface area contributed by atoms with E-state index in [0.29, 0.717) is 12.4 Å². The number of halogens is 1. The predicted molar refractivity (Wildman–Crippen MR) is 64.6 cm³/mol. The van der Waals surface area contributed by atoms with Gasteiger partial charge in [0, 0.05) is 11.3 Å². The van der Waals surface area contributed by atoms with Crippen molar-refractivity contribution in [2.24, 2.45) is 0 Å². The van der Waals surface area contributed by atoms with Crippen LogP contribution >= 0.6 is 11.3 Å². The number of thiophene rings is 1. The van der Waals surface area contributed by atoms with E-state index < -0.39 is 5.82 Å². The van der Waals surface area contributed by atoms with Gasteiger partial charge in [-0.25, -0.2) is 4.39 Å². The second-order valence-electron chi connectivity index (χ2n) is 3.40. The molecule has 0 atom stereocenters. The zero-order valence-electron chi connectivity index (χ0n) is 9.02. The number of hydrogen-bond donors (Lipinski definition) is 0. The Bertz CT molecular complexity index is 531. The van der Waals surface area contributed by atoms with Crippen molar-refractivity contribution in [2.45, 2.75) is 6.42 Å². The number of nitrogens with zero attached hydrogens (tertiary/aromatic N) is 1. The summed E-state index contributed by atoms with van der Waals surface area (Å²) in [7, 11) is 0. The summed E-state index contributed by atoms with van der Waals surface area (Å²) in [5, 5.41) is 10.8. The topological polar surface area (TPSA) is 33.0 Å². The van der Waals surface area contributed by atoms with Crippen LogP contribution < -0.4 is 4.74 Å². The average Bonchev–Trinajstić information content (AvgIpc) is 2.82. The number of rotatable bonds is 4. The first-order valence-corrected chi connectivity index (χ1v) is 6.03. The predicted octanol–water partition coefficient (Wildman–Crippen LogP) is 3.38. The lowest BCUT2D eigenvalue weighted by atomic mass is 10.2. The smallest absolute Gasteiger partial charge is 0.144 e. The summed E-state index contributed by atoms with van der Waals surface area (Å²) in [5.41, 5.74) is -0.0290. The van der Waals surface area contributed by atoms with Crippen molar-refractivity contribution < 1.29 is 9.13 Å². The van der Waals surface area contributed by atoms with Crippen molar-refractivity contribution in [3.8, 4) is 11.8 Å². The maximum Gasteiger partial charge on any atom is 0.144 e. The first kappa shape index (κ1) is 11.6. The molecule has 86 valence electrons. The lowest BCUT2D eigenvalue weighted by molar-refractivity contribution is 0.320. The van der Waals surface area contributed by atoms with Gasteiger partial charge in [0.25, 0.3) is 0 Å². The average molecular weight is 247 g/mol. The molecule has 0 spiro atoms. The zero-order valence-corrected chi connectivity index (χ0v) is 9.84. The van der Waals surface area contributed by atoms with Crippen molar-refractivity contribution in [3.63, 3.8) is 0 Å². The van der Waals surface area contributed by atoms with Gasteiger partial charge in [0.1, 0.15) is 23.2 Å². The highest BCUT2D eigenvalue weighted by molar-refractivity contribution is 7.09. The molecule has 0 saturated heterocycles. The van der Waals surface area contributed by atoms with Crippen LogP contribution in [0, 0.1) is 17.1 Å². The second kappa shape index (κ2) is 5.46. The van der Waals surface area contributed by atoms with Crippen LogP contribution in [-0.2, 0) is 6.42 Å². The summed E-state index contributed by atoms with van der Waals surface area (Å²) >= 11 is 1.65. The first-order valence-electron chi connectivity index (χ1n) is 5.15. The molecule has 0 amide bonds. The summed E-state index contributed by atoms with van der Waals surface area (Å²) in [4.78, 5) is 1.21. The van der Waals surface area contributed by atoms with E-state index in [9.17, 15) is 4.39 Å². The molecule has 2 rings (SSSR count). The lowest BCUT2D eigenvalue weighted by Gasteiger charge is -2.07. The highest BCUT2D eigenvalue weighted by Gasteiger charge is 2.08. The molecule has 0 aliphatic rings. The minimum absolute atomic E-state index is 0.0290. The van der Waals surface area contributed by atoms with Crippen LogP contribution in [0.25, 0.3) is 0 Å². The number of benzene rings is 1. The van der Waals surface area contributed by atoms with E-state index >= 15 is 0 Å². The summed E-state index contributed by atoms with van der Waals surface area (Å²) in [5.74, 6) is -0.231. The molecule has 4 heteroatoms. The standard InChI is InChI=1S/C13H10FNOS/c14-12-4-1-5-13(11(12)9-15)16-7-6-10-3-2-8-17-10/h1-5,8H,6-7H2. The fourth-order valence-corrected chi connectivity index (χ4v) is 2.14. The van der Waals surface area contributed by atoms with E-state index in [1.165, 1.54) is 17.0 Å². The third-order valence-electron chi connectivity index (χ3n) is 2.27. The van der Waals surface area contributed by atoms with Crippen LogP contribution in [0.3, 0.4) is 0 Å². The highest BCUT2D eigenvalue weighted by Crippen LogP contribution is 2.20. The fraction of sp³-hybridized carbons (Fsp3) is 0.154. The van der Waals surface area contributed by atoms with Gasteiger partial charge in [0.2, 0.25) is 0 Å². The molecule has 2 aromatic rings. The summed E-state index contributed by atoms with van der Waals surface area (Å²) in [6.07, 6.45) is 0.763. The molecule has 0 aliphatic heterocycles. The van der Waals surface area contributed by atoms with Crippen LogP contribution in [0.2, 0.25) is 0 Å². The fourth-order valence-electron chi connectivity index (χ4n) is 1.45. The highest BCUT2D eigenvalue weighted by atomic mass is 32.1. The van der Waals surface area contributed by atoms with Gasteiger partial charge in [-0.15, -0.1) is 11.3 Å². The van der Waals surface area contributed by atoms with Gasteiger partial charge in [-0.2, -0.15) is 5.26 Å². The van der Waals surface area contributed by atoms with Crippen LogP contribution in [-0.4, -0.2) is 6.61 Å². The lowest BCUT2D eigenvalue weighted by Crippen LogP contribution is -2.02. The largest absolute Gasteiger partial charge is 0.492 e. The minimum atomic E-state index is -0.541. The van der Waals surface area contributed by atoms with Gasteiger partial charge < -0.3 is 4.74 Å². The molecular formula is C13H10FNOS. The Morgan fingerprint density at radius 2 is 2.18 bits per heavy atom. The van der Waals surface area contributed by atoms with E-state index in [-0.39, 0.29) is 5.56 Å². The molecule has 0 fully saturated rings. The molecule has 1 aromatic carbocycles. The van der Waals surface area contributed by atoms with E-state index in [1.807, 2.05) is 23.6 Å². The van der Waals surface area contributed by atoms with Crippen LogP contribution in [0.1, 0.15) is 10.4 Å². The van der Waals surface area contributed by atoms with Crippen molar-refractivity contribution in [2.75, 3.05) is 6.61 Å². The Labute approximate surface area is 103 Å². The molecule has 17 heavy (non-hydrogen) atoms. The number of nitriles is 1. The maximum absolute atomic E-state index is 13.3. The zero-order chi connectivity index (χ0) is 12.1. The monoisotopic (exact) mass is 247 g/mol. The quantitative estimate of drug-likeness (QED) is 0.829. The third-order valence-corrected chi connectivity index (χ3v) is 3.21. The summed E-state index contributed by atoms with van der Waals surface area (Å²) < 4.78 is 18.7. The molecule has 1 heterocycles. The van der Waals surface area contributed by atoms with E-state index in [1.54, 1.807) is 17.4 Å². The van der Waals surface area contributed by atoms with Gasteiger partial charge in [0.05, 0.1) is 6.61 Å². The summed E-state index contributed by atoms with van der Waals surface area (Å²) in [6, 6.07) is 10.2. The van der Waals surface area contributed by atoms with E-state index in [2.05, 4.69) is 0 Å². The summed E-state index contributed by atoms with van der Waals surface area (Å²) in [6.45, 7) is 0.443. The molecule has 0 aliphatic carbocycles. The molecule has 0 bridgehead atoms. The van der Waals surface area contributed by atoms with Crippen LogP contribution in [0.4, 0.5) is 4.39 Å². The second-order valence-corrected chi connectivity index (χ2v) is 4.43. The van der Waals surface area contributed by atoms with Gasteiger partial charge in [-0.1, -0.05) is 12.1 Å². The molecule has 1 aromatic heterocycles. The van der Waals surface area contributed by atoms with Gasteiger partial charge >= 0.3 is 0 Å². The molecule has 2 nitrogen and oxygen atoms in total. The maximum atomic E-state index is 13.3. The Morgan fingerprint density at radius 1 is 1.29 bits per heavy atom. The van der Waals surface area contributed by atoms with E-state index in [0.717, 1.165) is 6.42 Å². The van der Waals surface area contributed by atoms with Crippen molar-refractivity contribution in [1.29, 1.82) is 5.26 Å². The van der Waals surface area contributed by atoms with Gasteiger partial charge in [0.15, 0.2) is 0 Å². The Morgan fingerprint density at radius 3 is 2.88 bits per heavy atom. The SMILES string of the molecule is N#Cc1c(F)cccc1OCCc1cccs1. The molecule has 0 saturated carbocycles. The number of hydrogen-bond acceptors (Lipinski definition) is 3. The Hall–Kier alpha value is -1.86. The van der Waals surface area contributed by atoms with Crippen molar-refractivity contribution in [3.05, 3.63) is 52.0 Å². The molecule has 0 radical (unpaired) electrons. The Kier molecular flexibility index (Phi) is 3.73. The number of ether oxygens (including phenoxy) is 1. The van der Waals surface area contributed by atoms with Crippen LogP contribution in [0.15, 0.2) is 35.7 Å². The normalized spacial score (nSPS) is 9.88. The van der Waals surface area contributed by atoms with Gasteiger partial charge in [-0.05, 0) is 23.6 Å². The molecular weight excluding hydrogens is 237 g/mol. The van der Waals surface area contributed by atoms with Gasteiger partial charge in [-0.3, -0.25) is 0 Å². The van der Waals surface area contributed by atoms with E-state index in [4.69, 9.17) is 10.00 Å². The third kappa shape index (κ3) is 2.83. The Balaban J connectivity index is 2.00. The first-order chi connectivity index (χ1) is 8.31.